The first-order chi connectivity index (χ1) is 12.6. The Labute approximate surface area is 156 Å². The second-order valence-electron chi connectivity index (χ2n) is 6.11. The lowest BCUT2D eigenvalue weighted by molar-refractivity contribution is -0.138. The minimum atomic E-state index is -1.21. The molecule has 0 aliphatic carbocycles. The van der Waals surface area contributed by atoms with Gasteiger partial charge in [0.25, 0.3) is 0 Å². The second-order valence-corrected chi connectivity index (χ2v) is 6.11. The molecule has 0 heterocycles. The summed E-state index contributed by atoms with van der Waals surface area (Å²) in [4.78, 5) is 48.6. The van der Waals surface area contributed by atoms with Crippen LogP contribution in [0.4, 0.5) is 5.69 Å². The molecule has 27 heavy (non-hydrogen) atoms. The van der Waals surface area contributed by atoms with E-state index in [1.54, 1.807) is 20.8 Å². The molecule has 0 aliphatic rings. The number of anilines is 1. The average Bonchev–Trinajstić information content (AvgIpc) is 2.57. The number of nitrogens with zero attached hydrogens (tertiary/aromatic N) is 1. The van der Waals surface area contributed by atoms with Gasteiger partial charge in [-0.3, -0.25) is 19.3 Å². The first-order valence-corrected chi connectivity index (χ1v) is 8.39. The zero-order valence-electron chi connectivity index (χ0n) is 15.7. The first kappa shape index (κ1) is 21.9. The normalized spacial score (nSPS) is 11.6. The number of phenols is 1. The molecule has 3 N–H and O–H groups in total. The minimum absolute atomic E-state index is 0.102. The van der Waals surface area contributed by atoms with Crippen LogP contribution in [-0.4, -0.2) is 53.2 Å². The number of carbonyl (C=O) groups excluding carboxylic acids is 3. The highest BCUT2D eigenvalue weighted by atomic mass is 16.5. The lowest BCUT2D eigenvalue weighted by Gasteiger charge is -2.33. The number of carboxylic acid groups (broad SMARTS) is 1. The van der Waals surface area contributed by atoms with Crippen molar-refractivity contribution in [2.45, 2.75) is 33.7 Å². The molecule has 9 nitrogen and oxygen atoms in total. The maximum absolute atomic E-state index is 12.5. The Hall–Kier alpha value is -3.10. The number of carbonyl (C=O) groups is 4. The predicted molar refractivity (Wildman–Crippen MR) is 96.5 cm³/mol. The van der Waals surface area contributed by atoms with Gasteiger partial charge in [-0.2, -0.15) is 0 Å². The van der Waals surface area contributed by atoms with Gasteiger partial charge in [0.1, 0.15) is 23.9 Å². The van der Waals surface area contributed by atoms with Crippen LogP contribution < -0.4 is 10.2 Å². The zero-order chi connectivity index (χ0) is 20.7. The van der Waals surface area contributed by atoms with Crippen LogP contribution >= 0.6 is 0 Å². The van der Waals surface area contributed by atoms with Gasteiger partial charge in [0, 0.05) is 12.6 Å². The number of hydrogen-bond acceptors (Lipinski definition) is 6. The van der Waals surface area contributed by atoms with Crippen molar-refractivity contribution < 1.29 is 34.1 Å². The van der Waals surface area contributed by atoms with Gasteiger partial charge < -0.3 is 20.3 Å². The van der Waals surface area contributed by atoms with Crippen molar-refractivity contribution in [2.24, 2.45) is 5.92 Å². The smallest absolute Gasteiger partial charge is 0.341 e. The van der Waals surface area contributed by atoms with E-state index in [1.807, 2.05) is 0 Å². The molecule has 0 radical (unpaired) electrons. The number of ether oxygens (including phenoxy) is 1. The van der Waals surface area contributed by atoms with Crippen LogP contribution in [0.1, 0.15) is 38.1 Å². The van der Waals surface area contributed by atoms with Crippen LogP contribution in [0.15, 0.2) is 18.2 Å². The standard InChI is InChI=1S/C18H24N2O7/c1-5-27-18(26)13-8-12(6-7-14(13)22)20(11(4)21)16(10(2)3)17(25)19-9-15(23)24/h6-8,10,16,22H,5,9H2,1-4H3,(H,19,25)(H,23,24)/t16-/m0/s1. The molecule has 1 aromatic rings. The summed E-state index contributed by atoms with van der Waals surface area (Å²) in [5.41, 5.74) is 0.0570. The van der Waals surface area contributed by atoms with E-state index in [1.165, 1.54) is 25.1 Å². The summed E-state index contributed by atoms with van der Waals surface area (Å²) in [7, 11) is 0. The molecule has 148 valence electrons. The molecule has 0 saturated heterocycles. The third kappa shape index (κ3) is 5.70. The molecule has 0 aromatic heterocycles. The van der Waals surface area contributed by atoms with Gasteiger partial charge >= 0.3 is 11.9 Å². The van der Waals surface area contributed by atoms with Gasteiger partial charge in [-0.25, -0.2) is 4.79 Å². The van der Waals surface area contributed by atoms with Crippen molar-refractivity contribution in [3.8, 4) is 5.75 Å². The van der Waals surface area contributed by atoms with E-state index in [-0.39, 0.29) is 29.5 Å². The molecule has 0 fully saturated rings. The van der Waals surface area contributed by atoms with Crippen LogP contribution in [0.2, 0.25) is 0 Å². The number of esters is 1. The average molecular weight is 380 g/mol. The topological polar surface area (TPSA) is 133 Å². The Balaban J connectivity index is 3.34. The summed E-state index contributed by atoms with van der Waals surface area (Å²) >= 11 is 0. The summed E-state index contributed by atoms with van der Waals surface area (Å²) in [6.45, 7) is 5.78. The number of rotatable bonds is 8. The molecule has 0 saturated carbocycles. The fraction of sp³-hybridized carbons (Fsp3) is 0.444. The molecule has 0 aliphatic heterocycles. The summed E-state index contributed by atoms with van der Waals surface area (Å²) < 4.78 is 4.88. The molecule has 2 amide bonds. The van der Waals surface area contributed by atoms with Crippen LogP contribution in [-0.2, 0) is 19.1 Å². The molecule has 0 bridgehead atoms. The molecule has 9 heteroatoms. The molecule has 1 rings (SSSR count). The number of phenolic OH excluding ortho intramolecular Hbond substituents is 1. The van der Waals surface area contributed by atoms with Crippen molar-refractivity contribution in [1.29, 1.82) is 0 Å². The second kappa shape index (κ2) is 9.56. The summed E-state index contributed by atoms with van der Waals surface area (Å²) in [6, 6.07) is 2.86. The van der Waals surface area contributed by atoms with Crippen LogP contribution in [0.5, 0.6) is 5.75 Å². The van der Waals surface area contributed by atoms with E-state index < -0.39 is 36.3 Å². The third-order valence-corrected chi connectivity index (χ3v) is 3.69. The van der Waals surface area contributed by atoms with E-state index in [9.17, 15) is 24.3 Å². The lowest BCUT2D eigenvalue weighted by atomic mass is 9.99. The lowest BCUT2D eigenvalue weighted by Crippen LogP contribution is -2.52. The Morgan fingerprint density at radius 2 is 1.85 bits per heavy atom. The molecular formula is C18H24N2O7. The maximum Gasteiger partial charge on any atom is 0.341 e. The van der Waals surface area contributed by atoms with Gasteiger partial charge in [0.15, 0.2) is 0 Å². The molecule has 1 aromatic carbocycles. The Morgan fingerprint density at radius 3 is 2.33 bits per heavy atom. The van der Waals surface area contributed by atoms with Gasteiger partial charge in [-0.15, -0.1) is 0 Å². The van der Waals surface area contributed by atoms with Crippen molar-refractivity contribution in [2.75, 3.05) is 18.1 Å². The van der Waals surface area contributed by atoms with Gasteiger partial charge in [-0.05, 0) is 31.0 Å². The Kier molecular flexibility index (Phi) is 7.77. The molecular weight excluding hydrogens is 356 g/mol. The van der Waals surface area contributed by atoms with E-state index in [0.29, 0.717) is 0 Å². The highest BCUT2D eigenvalue weighted by molar-refractivity contribution is 6.02. The monoisotopic (exact) mass is 380 g/mol. The quantitative estimate of drug-likeness (QED) is 0.576. The summed E-state index contributed by atoms with van der Waals surface area (Å²) in [5.74, 6) is -3.79. The van der Waals surface area contributed by atoms with Crippen molar-refractivity contribution in [3.05, 3.63) is 23.8 Å². The van der Waals surface area contributed by atoms with Crippen LogP contribution in [0.25, 0.3) is 0 Å². The van der Waals surface area contributed by atoms with Crippen molar-refractivity contribution >= 4 is 29.4 Å². The van der Waals surface area contributed by atoms with Crippen molar-refractivity contribution in [1.82, 2.24) is 5.32 Å². The maximum atomic E-state index is 12.5. The van der Waals surface area contributed by atoms with E-state index in [0.717, 1.165) is 4.90 Å². The number of carboxylic acids is 1. The largest absolute Gasteiger partial charge is 0.507 e. The number of aromatic hydroxyl groups is 1. The SMILES string of the molecule is CCOC(=O)c1cc(N(C(C)=O)[C@H](C(=O)NCC(=O)O)C(C)C)ccc1O. The van der Waals surface area contributed by atoms with Gasteiger partial charge in [0.2, 0.25) is 11.8 Å². The van der Waals surface area contributed by atoms with Crippen LogP contribution in [0, 0.1) is 5.92 Å². The minimum Gasteiger partial charge on any atom is -0.507 e. The first-order valence-electron chi connectivity index (χ1n) is 8.39. The van der Waals surface area contributed by atoms with E-state index >= 15 is 0 Å². The third-order valence-electron chi connectivity index (χ3n) is 3.69. The van der Waals surface area contributed by atoms with E-state index in [4.69, 9.17) is 9.84 Å². The van der Waals surface area contributed by atoms with Crippen LogP contribution in [0.3, 0.4) is 0 Å². The number of hydrogen-bond donors (Lipinski definition) is 3. The van der Waals surface area contributed by atoms with Gasteiger partial charge in [-0.1, -0.05) is 13.8 Å². The zero-order valence-corrected chi connectivity index (χ0v) is 15.7. The Bertz CT molecular complexity index is 730. The van der Waals surface area contributed by atoms with Gasteiger partial charge in [0.05, 0.1) is 6.61 Å². The Morgan fingerprint density at radius 1 is 1.22 bits per heavy atom. The van der Waals surface area contributed by atoms with E-state index in [2.05, 4.69) is 5.32 Å². The highest BCUT2D eigenvalue weighted by Gasteiger charge is 2.33. The summed E-state index contributed by atoms with van der Waals surface area (Å²) in [5, 5.41) is 20.9. The highest BCUT2D eigenvalue weighted by Crippen LogP contribution is 2.28. The number of benzene rings is 1. The molecule has 1 atom stereocenters. The van der Waals surface area contributed by atoms with Crippen molar-refractivity contribution in [3.63, 3.8) is 0 Å². The number of amides is 2. The number of aliphatic carboxylic acids is 1. The molecule has 0 unspecified atom stereocenters. The predicted octanol–water partition coefficient (Wildman–Crippen LogP) is 1.15. The fourth-order valence-corrected chi connectivity index (χ4v) is 2.57. The number of nitrogens with one attached hydrogen (secondary N) is 1. The summed E-state index contributed by atoms with van der Waals surface area (Å²) in [6.07, 6.45) is 0. The molecule has 0 spiro atoms. The fourth-order valence-electron chi connectivity index (χ4n) is 2.57.